The second kappa shape index (κ2) is 4.80. The maximum absolute atomic E-state index is 11.9. The molecule has 0 saturated carbocycles. The van der Waals surface area contributed by atoms with Crippen LogP contribution in [0.5, 0.6) is 0 Å². The Bertz CT molecular complexity index is 539. The molecule has 0 fully saturated rings. The zero-order valence-electron chi connectivity index (χ0n) is 10.3. The summed E-state index contributed by atoms with van der Waals surface area (Å²) < 4.78 is 23.8. The van der Waals surface area contributed by atoms with E-state index in [9.17, 15) is 8.42 Å². The molecule has 0 spiro atoms. The summed E-state index contributed by atoms with van der Waals surface area (Å²) >= 11 is 0. The molecule has 0 heterocycles. The molecule has 0 radical (unpaired) electrons. The van der Waals surface area contributed by atoms with E-state index in [0.29, 0.717) is 10.6 Å². The molecular formula is C13H17NO2S. The molecule has 1 aromatic rings. The van der Waals surface area contributed by atoms with Crippen molar-refractivity contribution in [1.29, 1.82) is 0 Å². The van der Waals surface area contributed by atoms with E-state index >= 15 is 0 Å². The van der Waals surface area contributed by atoms with Gasteiger partial charge in [0.2, 0.25) is 0 Å². The van der Waals surface area contributed by atoms with E-state index in [1.165, 1.54) is 0 Å². The molecule has 1 aromatic carbocycles. The van der Waals surface area contributed by atoms with Gasteiger partial charge in [-0.3, -0.25) is 0 Å². The number of nitrogens with one attached hydrogen (secondary N) is 1. The maximum Gasteiger partial charge on any atom is 0.180 e. The molecule has 0 aliphatic heterocycles. The molecule has 0 amide bonds. The van der Waals surface area contributed by atoms with Gasteiger partial charge in [-0.2, -0.15) is 0 Å². The van der Waals surface area contributed by atoms with Crippen LogP contribution >= 0.6 is 0 Å². The Hall–Kier alpha value is -1.47. The van der Waals surface area contributed by atoms with Gasteiger partial charge in [-0.05, 0) is 26.0 Å². The van der Waals surface area contributed by atoms with Crippen LogP contribution in [0, 0.1) is 12.3 Å². The van der Waals surface area contributed by atoms with Crippen molar-refractivity contribution in [3.05, 3.63) is 24.3 Å². The highest BCUT2D eigenvalue weighted by molar-refractivity contribution is 7.91. The molecule has 0 unspecified atom stereocenters. The molecular weight excluding hydrogens is 234 g/mol. The molecule has 0 aliphatic rings. The van der Waals surface area contributed by atoms with E-state index in [1.807, 2.05) is 13.8 Å². The van der Waals surface area contributed by atoms with E-state index < -0.39 is 15.4 Å². The third-order valence-corrected chi connectivity index (χ3v) is 4.20. The highest BCUT2D eigenvalue weighted by Crippen LogP contribution is 2.24. The molecule has 17 heavy (non-hydrogen) atoms. The fraction of sp³-hybridized carbons (Fsp3) is 0.385. The van der Waals surface area contributed by atoms with E-state index in [1.54, 1.807) is 31.2 Å². The molecule has 0 aliphatic carbocycles. The Morgan fingerprint density at radius 1 is 1.35 bits per heavy atom. The van der Waals surface area contributed by atoms with Crippen LogP contribution in [-0.4, -0.2) is 19.7 Å². The van der Waals surface area contributed by atoms with Gasteiger partial charge < -0.3 is 5.32 Å². The van der Waals surface area contributed by atoms with Crippen LogP contribution < -0.4 is 5.32 Å². The lowest BCUT2D eigenvalue weighted by Gasteiger charge is -2.22. The first-order chi connectivity index (χ1) is 7.82. The Balaban J connectivity index is 3.24. The maximum atomic E-state index is 11.9. The van der Waals surface area contributed by atoms with Crippen molar-refractivity contribution < 1.29 is 8.42 Å². The summed E-state index contributed by atoms with van der Waals surface area (Å²) in [5.41, 5.74) is -0.0309. The second-order valence-electron chi connectivity index (χ2n) is 4.29. The minimum absolute atomic E-state index is 0.0716. The first-order valence-electron chi connectivity index (χ1n) is 5.40. The van der Waals surface area contributed by atoms with Gasteiger partial charge in [-0.15, -0.1) is 6.42 Å². The predicted octanol–water partition coefficient (Wildman–Crippen LogP) is 2.30. The molecule has 3 nitrogen and oxygen atoms in total. The van der Waals surface area contributed by atoms with Crippen molar-refractivity contribution >= 4 is 15.5 Å². The second-order valence-corrected chi connectivity index (χ2v) is 6.54. The van der Waals surface area contributed by atoms with Crippen LogP contribution in [0.15, 0.2) is 29.2 Å². The lowest BCUT2D eigenvalue weighted by molar-refractivity contribution is 0.597. The van der Waals surface area contributed by atoms with Crippen molar-refractivity contribution in [3.8, 4) is 12.3 Å². The number of anilines is 1. The standard InChI is InChI=1S/C13H17NO2S/c1-5-13(3,4)14-11-9-7-8-10-12(11)17(15,16)6-2/h1,7-10,14H,6H2,2-4H3. The number of rotatable bonds is 4. The lowest BCUT2D eigenvalue weighted by atomic mass is 10.1. The largest absolute Gasteiger partial charge is 0.368 e. The summed E-state index contributed by atoms with van der Waals surface area (Å²) in [7, 11) is -3.24. The number of terminal acetylenes is 1. The van der Waals surface area contributed by atoms with Crippen LogP contribution in [0.3, 0.4) is 0 Å². The zero-order valence-corrected chi connectivity index (χ0v) is 11.1. The minimum atomic E-state index is -3.24. The Morgan fingerprint density at radius 3 is 2.47 bits per heavy atom. The third kappa shape index (κ3) is 3.24. The number of hydrogen-bond acceptors (Lipinski definition) is 3. The highest BCUT2D eigenvalue weighted by atomic mass is 32.2. The topological polar surface area (TPSA) is 46.2 Å². The fourth-order valence-corrected chi connectivity index (χ4v) is 2.42. The van der Waals surface area contributed by atoms with E-state index in [0.717, 1.165) is 0 Å². The van der Waals surface area contributed by atoms with Gasteiger partial charge in [-0.25, -0.2) is 8.42 Å². The van der Waals surface area contributed by atoms with Crippen molar-refractivity contribution in [2.45, 2.75) is 31.2 Å². The average Bonchev–Trinajstić information content (AvgIpc) is 2.29. The molecule has 1 rings (SSSR count). The monoisotopic (exact) mass is 251 g/mol. The van der Waals surface area contributed by atoms with Gasteiger partial charge >= 0.3 is 0 Å². The Kier molecular flexibility index (Phi) is 3.84. The summed E-state index contributed by atoms with van der Waals surface area (Å²) in [6.45, 7) is 5.27. The van der Waals surface area contributed by atoms with Gasteiger partial charge in [0.1, 0.15) is 0 Å². The van der Waals surface area contributed by atoms with Gasteiger partial charge in [0, 0.05) is 0 Å². The average molecular weight is 251 g/mol. The third-order valence-electron chi connectivity index (χ3n) is 2.41. The smallest absolute Gasteiger partial charge is 0.180 e. The molecule has 4 heteroatoms. The van der Waals surface area contributed by atoms with Crippen LogP contribution in [0.1, 0.15) is 20.8 Å². The SMILES string of the molecule is C#CC(C)(C)Nc1ccccc1S(=O)(=O)CC. The normalized spacial score (nSPS) is 11.9. The summed E-state index contributed by atoms with van der Waals surface area (Å²) in [6.07, 6.45) is 5.38. The lowest BCUT2D eigenvalue weighted by Crippen LogP contribution is -2.29. The van der Waals surface area contributed by atoms with E-state index in [2.05, 4.69) is 11.2 Å². The first-order valence-corrected chi connectivity index (χ1v) is 7.05. The number of hydrogen-bond donors (Lipinski definition) is 1. The Morgan fingerprint density at radius 2 is 1.94 bits per heavy atom. The van der Waals surface area contributed by atoms with Crippen LogP contribution in [-0.2, 0) is 9.84 Å². The molecule has 0 atom stereocenters. The van der Waals surface area contributed by atoms with Gasteiger partial charge in [-0.1, -0.05) is 25.0 Å². The summed E-state index contributed by atoms with van der Waals surface area (Å²) in [4.78, 5) is 0.297. The number of para-hydroxylation sites is 1. The molecule has 1 N–H and O–H groups in total. The van der Waals surface area contributed by atoms with Gasteiger partial charge in [0.25, 0.3) is 0 Å². The molecule has 0 bridgehead atoms. The predicted molar refractivity (Wildman–Crippen MR) is 70.7 cm³/mol. The van der Waals surface area contributed by atoms with Crippen molar-refractivity contribution in [3.63, 3.8) is 0 Å². The zero-order chi connectivity index (χ0) is 13.1. The van der Waals surface area contributed by atoms with Crippen molar-refractivity contribution in [1.82, 2.24) is 0 Å². The first kappa shape index (κ1) is 13.6. The highest BCUT2D eigenvalue weighted by Gasteiger charge is 2.20. The van der Waals surface area contributed by atoms with Crippen LogP contribution in [0.2, 0.25) is 0 Å². The quantitative estimate of drug-likeness (QED) is 0.835. The van der Waals surface area contributed by atoms with Crippen molar-refractivity contribution in [2.75, 3.05) is 11.1 Å². The Labute approximate surface area is 103 Å². The minimum Gasteiger partial charge on any atom is -0.368 e. The van der Waals surface area contributed by atoms with E-state index in [-0.39, 0.29) is 5.75 Å². The molecule has 0 aromatic heterocycles. The fourth-order valence-electron chi connectivity index (χ4n) is 1.37. The summed E-state index contributed by atoms with van der Waals surface area (Å²) in [6, 6.07) is 6.80. The number of sulfone groups is 1. The molecule has 92 valence electrons. The van der Waals surface area contributed by atoms with Gasteiger partial charge in [0.15, 0.2) is 9.84 Å². The van der Waals surface area contributed by atoms with Gasteiger partial charge in [0.05, 0.1) is 21.9 Å². The summed E-state index contributed by atoms with van der Waals surface area (Å²) in [5, 5.41) is 3.06. The number of benzene rings is 1. The van der Waals surface area contributed by atoms with Crippen molar-refractivity contribution in [2.24, 2.45) is 0 Å². The summed E-state index contributed by atoms with van der Waals surface area (Å²) in [5.74, 6) is 2.65. The molecule has 0 saturated heterocycles. The van der Waals surface area contributed by atoms with E-state index in [4.69, 9.17) is 6.42 Å². The van der Waals surface area contributed by atoms with Crippen LogP contribution in [0.4, 0.5) is 5.69 Å². The van der Waals surface area contributed by atoms with Crippen LogP contribution in [0.25, 0.3) is 0 Å².